The number of aromatic nitrogens is 1. The van der Waals surface area contributed by atoms with Crippen molar-refractivity contribution in [2.45, 2.75) is 6.54 Å². The SMILES string of the molecule is COc1c(-c2ccccc2)c2cc(Cl)ccc2n(Cc2ccccc2C#N)c1=O. The number of rotatable bonds is 4. The normalized spacial score (nSPS) is 10.7. The van der Waals surface area contributed by atoms with Gasteiger partial charge in [-0.15, -0.1) is 0 Å². The number of hydrogen-bond donors (Lipinski definition) is 0. The molecule has 29 heavy (non-hydrogen) atoms. The number of hydrogen-bond acceptors (Lipinski definition) is 3. The van der Waals surface area contributed by atoms with Gasteiger partial charge in [0.1, 0.15) is 0 Å². The largest absolute Gasteiger partial charge is 0.491 e. The third-order valence-electron chi connectivity index (χ3n) is 4.92. The van der Waals surface area contributed by atoms with E-state index in [1.54, 1.807) is 16.7 Å². The highest BCUT2D eigenvalue weighted by Crippen LogP contribution is 2.36. The van der Waals surface area contributed by atoms with Gasteiger partial charge in [0.2, 0.25) is 0 Å². The number of ether oxygens (including phenoxy) is 1. The number of benzene rings is 3. The van der Waals surface area contributed by atoms with Crippen LogP contribution in [0, 0.1) is 11.3 Å². The first-order valence-corrected chi connectivity index (χ1v) is 9.45. The molecule has 0 atom stereocenters. The van der Waals surface area contributed by atoms with Gasteiger partial charge in [0.15, 0.2) is 5.75 Å². The van der Waals surface area contributed by atoms with Gasteiger partial charge in [-0.2, -0.15) is 5.26 Å². The average Bonchev–Trinajstić information content (AvgIpc) is 2.76. The van der Waals surface area contributed by atoms with Gasteiger partial charge < -0.3 is 9.30 Å². The third-order valence-corrected chi connectivity index (χ3v) is 5.15. The van der Waals surface area contributed by atoms with Crippen LogP contribution in [0.2, 0.25) is 5.02 Å². The topological polar surface area (TPSA) is 55.0 Å². The summed E-state index contributed by atoms with van der Waals surface area (Å²) in [5, 5.41) is 10.8. The van der Waals surface area contributed by atoms with E-state index in [9.17, 15) is 10.1 Å². The zero-order valence-electron chi connectivity index (χ0n) is 15.7. The van der Waals surface area contributed by atoms with Crippen LogP contribution in [-0.4, -0.2) is 11.7 Å². The molecule has 5 heteroatoms. The Balaban J connectivity index is 2.06. The van der Waals surface area contributed by atoms with E-state index in [0.29, 0.717) is 16.1 Å². The summed E-state index contributed by atoms with van der Waals surface area (Å²) in [6, 6.07) is 24.5. The van der Waals surface area contributed by atoms with Crippen LogP contribution in [0.5, 0.6) is 5.75 Å². The maximum absolute atomic E-state index is 13.4. The van der Waals surface area contributed by atoms with E-state index >= 15 is 0 Å². The Kier molecular flexibility index (Phi) is 5.07. The Morgan fingerprint density at radius 1 is 1.03 bits per heavy atom. The lowest BCUT2D eigenvalue weighted by Gasteiger charge is -2.18. The van der Waals surface area contributed by atoms with E-state index in [-0.39, 0.29) is 17.9 Å². The van der Waals surface area contributed by atoms with Crippen molar-refractivity contribution in [2.24, 2.45) is 0 Å². The molecular formula is C24H17ClN2O2. The molecular weight excluding hydrogens is 384 g/mol. The number of fused-ring (bicyclic) bond motifs is 1. The second-order valence-electron chi connectivity index (χ2n) is 6.60. The van der Waals surface area contributed by atoms with Gasteiger partial charge in [-0.3, -0.25) is 4.79 Å². The zero-order valence-corrected chi connectivity index (χ0v) is 16.5. The Hall–Kier alpha value is -3.55. The molecule has 142 valence electrons. The summed E-state index contributed by atoms with van der Waals surface area (Å²) in [5.41, 5.74) is 3.36. The van der Waals surface area contributed by atoms with Crippen molar-refractivity contribution in [2.75, 3.05) is 7.11 Å². The fourth-order valence-corrected chi connectivity index (χ4v) is 3.75. The fraction of sp³-hybridized carbons (Fsp3) is 0.0833. The molecule has 0 aliphatic heterocycles. The molecule has 4 rings (SSSR count). The first-order valence-electron chi connectivity index (χ1n) is 9.07. The first-order chi connectivity index (χ1) is 14.1. The van der Waals surface area contributed by atoms with Gasteiger partial charge in [0.25, 0.3) is 5.56 Å². The molecule has 4 nitrogen and oxygen atoms in total. The molecule has 0 saturated carbocycles. The van der Waals surface area contributed by atoms with E-state index in [0.717, 1.165) is 22.0 Å². The summed E-state index contributed by atoms with van der Waals surface area (Å²) in [6.45, 7) is 0.256. The van der Waals surface area contributed by atoms with Crippen molar-refractivity contribution in [3.05, 3.63) is 99.3 Å². The van der Waals surface area contributed by atoms with Gasteiger partial charge in [-0.1, -0.05) is 60.1 Å². The number of methoxy groups -OCH3 is 1. The fourth-order valence-electron chi connectivity index (χ4n) is 3.58. The van der Waals surface area contributed by atoms with E-state index < -0.39 is 0 Å². The molecule has 1 heterocycles. The number of halogens is 1. The van der Waals surface area contributed by atoms with Gasteiger partial charge in [-0.25, -0.2) is 0 Å². The molecule has 0 amide bonds. The summed E-state index contributed by atoms with van der Waals surface area (Å²) < 4.78 is 7.20. The highest BCUT2D eigenvalue weighted by Gasteiger charge is 2.20. The minimum atomic E-state index is -0.256. The quantitative estimate of drug-likeness (QED) is 0.470. The van der Waals surface area contributed by atoms with Crippen LogP contribution in [0.15, 0.2) is 77.6 Å². The minimum absolute atomic E-state index is 0.250. The number of nitrogens with zero attached hydrogens (tertiary/aromatic N) is 2. The van der Waals surface area contributed by atoms with Crippen LogP contribution in [0.4, 0.5) is 0 Å². The van der Waals surface area contributed by atoms with Gasteiger partial charge >= 0.3 is 0 Å². The van der Waals surface area contributed by atoms with Crippen LogP contribution < -0.4 is 10.3 Å². The van der Waals surface area contributed by atoms with E-state index in [1.807, 2.05) is 60.7 Å². The zero-order chi connectivity index (χ0) is 20.4. The summed E-state index contributed by atoms with van der Waals surface area (Å²) in [5.74, 6) is 0.250. The molecule has 0 bridgehead atoms. The van der Waals surface area contributed by atoms with Crippen LogP contribution >= 0.6 is 11.6 Å². The molecule has 0 N–H and O–H groups in total. The monoisotopic (exact) mass is 400 g/mol. The average molecular weight is 401 g/mol. The predicted molar refractivity (Wildman–Crippen MR) is 115 cm³/mol. The van der Waals surface area contributed by atoms with Crippen molar-refractivity contribution in [3.8, 4) is 22.9 Å². The Labute approximate surface area is 173 Å². The second kappa shape index (κ2) is 7.83. The Morgan fingerprint density at radius 3 is 2.48 bits per heavy atom. The molecule has 0 aliphatic carbocycles. The predicted octanol–water partition coefficient (Wildman–Crippen LogP) is 5.25. The minimum Gasteiger partial charge on any atom is -0.491 e. The van der Waals surface area contributed by atoms with Gasteiger partial charge in [0, 0.05) is 16.0 Å². The lowest BCUT2D eigenvalue weighted by atomic mass is 9.99. The molecule has 0 fully saturated rings. The summed E-state index contributed by atoms with van der Waals surface area (Å²) >= 11 is 6.30. The van der Waals surface area contributed by atoms with Crippen molar-refractivity contribution < 1.29 is 4.74 Å². The lowest BCUT2D eigenvalue weighted by Crippen LogP contribution is -2.24. The molecule has 0 unspecified atom stereocenters. The summed E-state index contributed by atoms with van der Waals surface area (Å²) in [7, 11) is 1.49. The van der Waals surface area contributed by atoms with Crippen LogP contribution in [0.3, 0.4) is 0 Å². The van der Waals surface area contributed by atoms with Gasteiger partial charge in [0.05, 0.1) is 30.8 Å². The summed E-state index contributed by atoms with van der Waals surface area (Å²) in [6.07, 6.45) is 0. The third kappa shape index (κ3) is 3.37. The highest BCUT2D eigenvalue weighted by atomic mass is 35.5. The smallest absolute Gasteiger partial charge is 0.294 e. The van der Waals surface area contributed by atoms with Crippen molar-refractivity contribution >= 4 is 22.5 Å². The van der Waals surface area contributed by atoms with E-state index in [1.165, 1.54) is 7.11 Å². The lowest BCUT2D eigenvalue weighted by molar-refractivity contribution is 0.407. The number of pyridine rings is 1. The standard InChI is InChI=1S/C24H17ClN2O2/c1-29-23-22(16-7-3-2-4-8-16)20-13-19(25)11-12-21(20)27(24(23)28)15-18-10-6-5-9-17(18)14-26/h2-13H,15H2,1H3. The molecule has 0 aliphatic rings. The van der Waals surface area contributed by atoms with Gasteiger partial charge in [-0.05, 0) is 35.4 Å². The van der Waals surface area contributed by atoms with E-state index in [4.69, 9.17) is 16.3 Å². The molecule has 0 saturated heterocycles. The highest BCUT2D eigenvalue weighted by molar-refractivity contribution is 6.31. The summed E-state index contributed by atoms with van der Waals surface area (Å²) in [4.78, 5) is 13.4. The maximum atomic E-state index is 13.4. The van der Waals surface area contributed by atoms with Crippen LogP contribution in [0.1, 0.15) is 11.1 Å². The molecule has 4 aromatic rings. The molecule has 1 aromatic heterocycles. The first kappa shape index (κ1) is 18.8. The Morgan fingerprint density at radius 2 is 1.76 bits per heavy atom. The Bertz CT molecular complexity index is 1300. The van der Waals surface area contributed by atoms with Crippen molar-refractivity contribution in [1.29, 1.82) is 5.26 Å². The van der Waals surface area contributed by atoms with E-state index in [2.05, 4.69) is 6.07 Å². The van der Waals surface area contributed by atoms with Crippen LogP contribution in [0.25, 0.3) is 22.0 Å². The van der Waals surface area contributed by atoms with Crippen molar-refractivity contribution in [1.82, 2.24) is 4.57 Å². The maximum Gasteiger partial charge on any atom is 0.294 e. The second-order valence-corrected chi connectivity index (χ2v) is 7.03. The van der Waals surface area contributed by atoms with Crippen molar-refractivity contribution in [3.63, 3.8) is 0 Å². The molecule has 3 aromatic carbocycles. The molecule has 0 radical (unpaired) electrons. The van der Waals surface area contributed by atoms with Crippen LogP contribution in [-0.2, 0) is 6.54 Å². The molecule has 0 spiro atoms. The number of nitriles is 1.